The maximum Gasteiger partial charge on any atom is 0.257 e. The van der Waals surface area contributed by atoms with Gasteiger partial charge in [0.1, 0.15) is 5.82 Å². The first-order valence-electron chi connectivity index (χ1n) is 7.02. The number of hydrogen-bond acceptors (Lipinski definition) is 3. The molecule has 0 fully saturated rings. The van der Waals surface area contributed by atoms with Crippen LogP contribution in [0.5, 0.6) is 0 Å². The first kappa shape index (κ1) is 16.8. The van der Waals surface area contributed by atoms with Crippen LogP contribution in [-0.2, 0) is 0 Å². The monoisotopic (exact) mass is 381 g/mol. The Kier molecular flexibility index (Phi) is 5.80. The summed E-state index contributed by atoms with van der Waals surface area (Å²) in [5.74, 6) is 0.638. The number of benzene rings is 1. The molecule has 6 heteroatoms. The molecule has 2 aromatic rings. The van der Waals surface area contributed by atoms with Crippen LogP contribution in [0.15, 0.2) is 41.0 Å². The average molecular weight is 383 g/mol. The number of nitrogens with zero attached hydrogens (tertiary/aromatic N) is 2. The standard InChI is InChI=1S/C16H17BrClN3O/c1-3-21(4-2)15-8-6-12(10-19-15)20-16(22)13-7-5-11(17)9-14(13)18/h5-10H,3-4H2,1-2H3,(H,20,22). The van der Waals surface area contributed by atoms with E-state index in [1.165, 1.54) is 0 Å². The maximum atomic E-state index is 12.2. The minimum atomic E-state index is -0.255. The topological polar surface area (TPSA) is 45.2 Å². The Morgan fingerprint density at radius 1 is 1.27 bits per heavy atom. The van der Waals surface area contributed by atoms with E-state index in [1.807, 2.05) is 12.1 Å². The molecule has 116 valence electrons. The van der Waals surface area contributed by atoms with Crippen molar-refractivity contribution in [2.75, 3.05) is 23.3 Å². The van der Waals surface area contributed by atoms with Crippen molar-refractivity contribution in [1.29, 1.82) is 0 Å². The number of pyridine rings is 1. The summed E-state index contributed by atoms with van der Waals surface area (Å²) in [4.78, 5) is 18.7. The molecule has 2 rings (SSSR count). The van der Waals surface area contributed by atoms with E-state index < -0.39 is 0 Å². The van der Waals surface area contributed by atoms with Crippen LogP contribution in [-0.4, -0.2) is 24.0 Å². The van der Waals surface area contributed by atoms with Crippen molar-refractivity contribution < 1.29 is 4.79 Å². The Morgan fingerprint density at radius 3 is 2.55 bits per heavy atom. The van der Waals surface area contributed by atoms with E-state index in [2.05, 4.69) is 45.0 Å². The van der Waals surface area contributed by atoms with Gasteiger partial charge in [-0.25, -0.2) is 4.98 Å². The van der Waals surface area contributed by atoms with Gasteiger partial charge in [-0.15, -0.1) is 0 Å². The second kappa shape index (κ2) is 7.61. The fourth-order valence-electron chi connectivity index (χ4n) is 2.07. The van der Waals surface area contributed by atoms with Gasteiger partial charge in [0, 0.05) is 17.6 Å². The van der Waals surface area contributed by atoms with Crippen molar-refractivity contribution in [3.63, 3.8) is 0 Å². The largest absolute Gasteiger partial charge is 0.357 e. The quantitative estimate of drug-likeness (QED) is 0.822. The summed E-state index contributed by atoms with van der Waals surface area (Å²) in [7, 11) is 0. The van der Waals surface area contributed by atoms with Crippen LogP contribution < -0.4 is 10.2 Å². The Hall–Kier alpha value is -1.59. The van der Waals surface area contributed by atoms with Gasteiger partial charge in [0.05, 0.1) is 22.5 Å². The van der Waals surface area contributed by atoms with Gasteiger partial charge in [0.15, 0.2) is 0 Å². The number of aromatic nitrogens is 1. The van der Waals surface area contributed by atoms with Crippen molar-refractivity contribution >= 4 is 44.9 Å². The highest BCUT2D eigenvalue weighted by atomic mass is 79.9. The van der Waals surface area contributed by atoms with E-state index in [1.54, 1.807) is 24.4 Å². The molecule has 1 aromatic carbocycles. The van der Waals surface area contributed by atoms with Gasteiger partial charge < -0.3 is 10.2 Å². The minimum Gasteiger partial charge on any atom is -0.357 e. The average Bonchev–Trinajstić information content (AvgIpc) is 2.50. The van der Waals surface area contributed by atoms with Crippen LogP contribution in [0.25, 0.3) is 0 Å². The first-order valence-corrected chi connectivity index (χ1v) is 8.19. The van der Waals surface area contributed by atoms with Gasteiger partial charge in [-0.2, -0.15) is 0 Å². The SMILES string of the molecule is CCN(CC)c1ccc(NC(=O)c2ccc(Br)cc2Cl)cn1. The summed E-state index contributed by atoms with van der Waals surface area (Å²) >= 11 is 9.40. The molecule has 0 saturated carbocycles. The van der Waals surface area contributed by atoms with Crippen molar-refractivity contribution in [3.8, 4) is 0 Å². The van der Waals surface area contributed by atoms with Crippen LogP contribution in [0.1, 0.15) is 24.2 Å². The molecule has 1 amide bonds. The summed E-state index contributed by atoms with van der Waals surface area (Å²) in [6.07, 6.45) is 1.65. The molecule has 0 aliphatic carbocycles. The molecule has 1 heterocycles. The highest BCUT2D eigenvalue weighted by Crippen LogP contribution is 2.22. The van der Waals surface area contributed by atoms with Gasteiger partial charge in [0.25, 0.3) is 5.91 Å². The molecule has 1 N–H and O–H groups in total. The zero-order valence-corrected chi connectivity index (χ0v) is 14.8. The molecule has 22 heavy (non-hydrogen) atoms. The molecular weight excluding hydrogens is 366 g/mol. The zero-order valence-electron chi connectivity index (χ0n) is 12.4. The van der Waals surface area contributed by atoms with Crippen LogP contribution >= 0.6 is 27.5 Å². The van der Waals surface area contributed by atoms with E-state index in [9.17, 15) is 4.79 Å². The third-order valence-electron chi connectivity index (χ3n) is 3.27. The van der Waals surface area contributed by atoms with E-state index >= 15 is 0 Å². The predicted molar refractivity (Wildman–Crippen MR) is 94.9 cm³/mol. The Balaban J connectivity index is 2.12. The lowest BCUT2D eigenvalue weighted by Gasteiger charge is -2.19. The van der Waals surface area contributed by atoms with Gasteiger partial charge in [0.2, 0.25) is 0 Å². The highest BCUT2D eigenvalue weighted by Gasteiger charge is 2.11. The molecule has 0 aliphatic heterocycles. The van der Waals surface area contributed by atoms with Gasteiger partial charge in [-0.3, -0.25) is 4.79 Å². The van der Waals surface area contributed by atoms with Crippen molar-refractivity contribution in [3.05, 3.63) is 51.6 Å². The molecule has 0 bridgehead atoms. The molecule has 0 saturated heterocycles. The van der Waals surface area contributed by atoms with Gasteiger partial charge >= 0.3 is 0 Å². The molecule has 4 nitrogen and oxygen atoms in total. The molecule has 0 spiro atoms. The molecule has 0 aliphatic rings. The van der Waals surface area contributed by atoms with Crippen LogP contribution in [0, 0.1) is 0 Å². The summed E-state index contributed by atoms with van der Waals surface area (Å²) in [6, 6.07) is 8.89. The smallest absolute Gasteiger partial charge is 0.257 e. The Labute approximate surface area is 143 Å². The lowest BCUT2D eigenvalue weighted by atomic mass is 10.2. The second-order valence-corrected chi connectivity index (χ2v) is 5.98. The van der Waals surface area contributed by atoms with Gasteiger partial charge in [-0.1, -0.05) is 27.5 Å². The number of amides is 1. The number of anilines is 2. The van der Waals surface area contributed by atoms with Gasteiger partial charge in [-0.05, 0) is 44.2 Å². The Morgan fingerprint density at radius 2 is 2.00 bits per heavy atom. The highest BCUT2D eigenvalue weighted by molar-refractivity contribution is 9.10. The van der Waals surface area contributed by atoms with E-state index in [0.717, 1.165) is 23.4 Å². The molecule has 0 unspecified atom stereocenters. The fourth-order valence-corrected chi connectivity index (χ4v) is 2.83. The second-order valence-electron chi connectivity index (χ2n) is 4.66. The van der Waals surface area contributed by atoms with E-state index in [-0.39, 0.29) is 5.91 Å². The maximum absolute atomic E-state index is 12.2. The minimum absolute atomic E-state index is 0.255. The molecule has 1 aromatic heterocycles. The van der Waals surface area contributed by atoms with Crippen LogP contribution in [0.2, 0.25) is 5.02 Å². The third-order valence-corrected chi connectivity index (χ3v) is 4.07. The summed E-state index contributed by atoms with van der Waals surface area (Å²) in [5.41, 5.74) is 1.07. The van der Waals surface area contributed by atoms with Crippen molar-refractivity contribution in [1.82, 2.24) is 4.98 Å². The molecular formula is C16H17BrClN3O. The summed E-state index contributed by atoms with van der Waals surface area (Å²) in [5, 5.41) is 3.20. The lowest BCUT2D eigenvalue weighted by molar-refractivity contribution is 0.102. The van der Waals surface area contributed by atoms with Crippen LogP contribution in [0.4, 0.5) is 11.5 Å². The van der Waals surface area contributed by atoms with E-state index in [4.69, 9.17) is 11.6 Å². The number of rotatable bonds is 5. The fraction of sp³-hybridized carbons (Fsp3) is 0.250. The number of nitrogens with one attached hydrogen (secondary N) is 1. The molecule has 0 atom stereocenters. The van der Waals surface area contributed by atoms with E-state index in [0.29, 0.717) is 16.3 Å². The zero-order chi connectivity index (χ0) is 16.1. The lowest BCUT2D eigenvalue weighted by Crippen LogP contribution is -2.22. The Bertz CT molecular complexity index is 657. The first-order chi connectivity index (χ1) is 10.5. The van der Waals surface area contributed by atoms with Crippen molar-refractivity contribution in [2.24, 2.45) is 0 Å². The number of carbonyl (C=O) groups is 1. The van der Waals surface area contributed by atoms with Crippen molar-refractivity contribution in [2.45, 2.75) is 13.8 Å². The summed E-state index contributed by atoms with van der Waals surface area (Å²) in [6.45, 7) is 5.94. The number of hydrogen-bond donors (Lipinski definition) is 1. The normalized spacial score (nSPS) is 10.4. The third kappa shape index (κ3) is 3.99. The molecule has 0 radical (unpaired) electrons. The summed E-state index contributed by atoms with van der Waals surface area (Å²) < 4.78 is 0.833. The number of halogens is 2. The van der Waals surface area contributed by atoms with Crippen LogP contribution in [0.3, 0.4) is 0 Å². The predicted octanol–water partition coefficient (Wildman–Crippen LogP) is 4.60. The number of carbonyl (C=O) groups excluding carboxylic acids is 1.